The number of aldehydes is 1. The number of rotatable bonds is 2. The molecule has 0 fully saturated rings. The molecule has 1 aliphatic heterocycles. The van der Waals surface area contributed by atoms with E-state index in [1.165, 1.54) is 0 Å². The Morgan fingerprint density at radius 3 is 2.00 bits per heavy atom. The van der Waals surface area contributed by atoms with E-state index in [9.17, 15) is 4.79 Å². The first kappa shape index (κ1) is 10.1. The number of para-hydroxylation sites is 2. The van der Waals surface area contributed by atoms with Crippen molar-refractivity contribution in [2.24, 2.45) is 0 Å². The molecule has 1 heterocycles. The molecule has 2 heteroatoms. The molecule has 17 heavy (non-hydrogen) atoms. The fraction of sp³-hybridized carbons (Fsp3) is 0.133. The van der Waals surface area contributed by atoms with Crippen LogP contribution in [-0.4, -0.2) is 6.29 Å². The Labute approximate surface area is 99.9 Å². The van der Waals surface area contributed by atoms with E-state index >= 15 is 0 Å². The number of benzene rings is 2. The predicted octanol–water partition coefficient (Wildman–Crippen LogP) is 3.51. The summed E-state index contributed by atoms with van der Waals surface area (Å²) < 4.78 is 5.84. The van der Waals surface area contributed by atoms with Crippen molar-refractivity contribution < 1.29 is 9.53 Å². The summed E-state index contributed by atoms with van der Waals surface area (Å²) >= 11 is 0. The van der Waals surface area contributed by atoms with E-state index in [2.05, 4.69) is 0 Å². The molecule has 0 aliphatic carbocycles. The Bertz CT molecular complexity index is 515. The van der Waals surface area contributed by atoms with Gasteiger partial charge in [-0.25, -0.2) is 0 Å². The lowest BCUT2D eigenvalue weighted by Crippen LogP contribution is -2.10. The second kappa shape index (κ2) is 4.06. The van der Waals surface area contributed by atoms with Crippen molar-refractivity contribution in [3.63, 3.8) is 0 Å². The number of hydrogen-bond donors (Lipinski definition) is 0. The molecule has 0 saturated carbocycles. The predicted molar refractivity (Wildman–Crippen MR) is 65.5 cm³/mol. The summed E-state index contributed by atoms with van der Waals surface area (Å²) in [6.07, 6.45) is 1.47. The molecule has 0 N–H and O–H groups in total. The Hall–Kier alpha value is -2.09. The van der Waals surface area contributed by atoms with Gasteiger partial charge >= 0.3 is 0 Å². The summed E-state index contributed by atoms with van der Waals surface area (Å²) in [5, 5.41) is 0. The minimum Gasteiger partial charge on any atom is -0.457 e. The fourth-order valence-electron chi connectivity index (χ4n) is 2.36. The summed E-state index contributed by atoms with van der Waals surface area (Å²) in [5.41, 5.74) is 2.19. The van der Waals surface area contributed by atoms with E-state index in [1.807, 2.05) is 48.5 Å². The molecule has 0 unspecified atom stereocenters. The summed E-state index contributed by atoms with van der Waals surface area (Å²) in [5.74, 6) is 1.84. The molecule has 84 valence electrons. The SMILES string of the molecule is O=CCC1c2ccccc2Oc2ccccc21. The monoisotopic (exact) mass is 224 g/mol. The highest BCUT2D eigenvalue weighted by Gasteiger charge is 2.25. The van der Waals surface area contributed by atoms with Gasteiger partial charge in [-0.3, -0.25) is 0 Å². The lowest BCUT2D eigenvalue weighted by molar-refractivity contribution is -0.108. The van der Waals surface area contributed by atoms with Gasteiger partial charge in [-0.2, -0.15) is 0 Å². The minimum atomic E-state index is 0.119. The van der Waals surface area contributed by atoms with Crippen molar-refractivity contribution in [3.8, 4) is 11.5 Å². The molecule has 0 bridgehead atoms. The van der Waals surface area contributed by atoms with Gasteiger partial charge in [0.05, 0.1) is 0 Å². The third-order valence-electron chi connectivity index (χ3n) is 3.14. The van der Waals surface area contributed by atoms with Gasteiger partial charge in [-0.05, 0) is 12.1 Å². The van der Waals surface area contributed by atoms with Crippen LogP contribution in [0.3, 0.4) is 0 Å². The minimum absolute atomic E-state index is 0.119. The maximum absolute atomic E-state index is 10.9. The van der Waals surface area contributed by atoms with Crippen molar-refractivity contribution >= 4 is 6.29 Å². The van der Waals surface area contributed by atoms with Crippen molar-refractivity contribution in [2.45, 2.75) is 12.3 Å². The van der Waals surface area contributed by atoms with E-state index in [0.29, 0.717) is 6.42 Å². The maximum atomic E-state index is 10.9. The number of carbonyl (C=O) groups excluding carboxylic acids is 1. The lowest BCUT2D eigenvalue weighted by Gasteiger charge is -2.26. The Morgan fingerprint density at radius 2 is 1.47 bits per heavy atom. The zero-order chi connectivity index (χ0) is 11.7. The molecule has 0 radical (unpaired) electrons. The molecule has 0 spiro atoms. The van der Waals surface area contributed by atoms with Crippen molar-refractivity contribution in [3.05, 3.63) is 59.7 Å². The quantitative estimate of drug-likeness (QED) is 0.729. The first-order chi connectivity index (χ1) is 8.40. The van der Waals surface area contributed by atoms with Crippen LogP contribution in [-0.2, 0) is 4.79 Å². The standard InChI is InChI=1S/C15H12O2/c16-10-9-11-12-5-1-3-7-14(12)17-15-8-4-2-6-13(11)15/h1-8,10-11H,9H2. The highest BCUT2D eigenvalue weighted by atomic mass is 16.5. The zero-order valence-electron chi connectivity index (χ0n) is 9.30. The molecule has 0 aromatic heterocycles. The number of fused-ring (bicyclic) bond motifs is 2. The smallest absolute Gasteiger partial charge is 0.131 e. The summed E-state index contributed by atoms with van der Waals surface area (Å²) in [7, 11) is 0. The molecule has 2 aromatic rings. The summed E-state index contributed by atoms with van der Waals surface area (Å²) in [6.45, 7) is 0. The van der Waals surface area contributed by atoms with Crippen LogP contribution < -0.4 is 4.74 Å². The van der Waals surface area contributed by atoms with Gasteiger partial charge in [0.15, 0.2) is 0 Å². The van der Waals surface area contributed by atoms with Crippen LogP contribution in [0.25, 0.3) is 0 Å². The normalized spacial score (nSPS) is 13.4. The summed E-state index contributed by atoms with van der Waals surface area (Å²) in [6, 6.07) is 15.8. The van der Waals surface area contributed by atoms with Gasteiger partial charge in [0, 0.05) is 23.5 Å². The van der Waals surface area contributed by atoms with Gasteiger partial charge in [0.2, 0.25) is 0 Å². The Morgan fingerprint density at radius 1 is 0.941 bits per heavy atom. The summed E-state index contributed by atoms with van der Waals surface area (Å²) in [4.78, 5) is 10.9. The average molecular weight is 224 g/mol. The van der Waals surface area contributed by atoms with Gasteiger partial charge in [0.1, 0.15) is 17.8 Å². The Kier molecular flexibility index (Phi) is 2.41. The second-order valence-electron chi connectivity index (χ2n) is 4.13. The van der Waals surface area contributed by atoms with E-state index in [1.54, 1.807) is 0 Å². The fourth-order valence-corrected chi connectivity index (χ4v) is 2.36. The average Bonchev–Trinajstić information content (AvgIpc) is 2.39. The molecule has 1 aliphatic rings. The van der Waals surface area contributed by atoms with Gasteiger partial charge in [0.25, 0.3) is 0 Å². The molecule has 0 amide bonds. The van der Waals surface area contributed by atoms with E-state index in [0.717, 1.165) is 28.9 Å². The molecular weight excluding hydrogens is 212 g/mol. The van der Waals surface area contributed by atoms with Crippen LogP contribution in [0.1, 0.15) is 23.5 Å². The first-order valence-electron chi connectivity index (χ1n) is 5.69. The van der Waals surface area contributed by atoms with Crippen LogP contribution in [0.4, 0.5) is 0 Å². The lowest BCUT2D eigenvalue weighted by atomic mass is 9.86. The number of hydrogen-bond acceptors (Lipinski definition) is 2. The zero-order valence-corrected chi connectivity index (χ0v) is 9.30. The van der Waals surface area contributed by atoms with Crippen LogP contribution >= 0.6 is 0 Å². The molecule has 3 rings (SSSR count). The first-order valence-corrected chi connectivity index (χ1v) is 5.69. The highest BCUT2D eigenvalue weighted by molar-refractivity contribution is 5.60. The van der Waals surface area contributed by atoms with Crippen LogP contribution in [0.15, 0.2) is 48.5 Å². The topological polar surface area (TPSA) is 26.3 Å². The molecule has 0 saturated heterocycles. The molecular formula is C15H12O2. The molecule has 2 nitrogen and oxygen atoms in total. The van der Waals surface area contributed by atoms with Crippen molar-refractivity contribution in [1.82, 2.24) is 0 Å². The largest absolute Gasteiger partial charge is 0.457 e. The highest BCUT2D eigenvalue weighted by Crippen LogP contribution is 2.44. The van der Waals surface area contributed by atoms with E-state index in [-0.39, 0.29) is 5.92 Å². The Balaban J connectivity index is 2.16. The van der Waals surface area contributed by atoms with Crippen molar-refractivity contribution in [1.29, 1.82) is 0 Å². The van der Waals surface area contributed by atoms with Crippen LogP contribution in [0, 0.1) is 0 Å². The molecule has 2 aromatic carbocycles. The third-order valence-corrected chi connectivity index (χ3v) is 3.14. The van der Waals surface area contributed by atoms with Crippen LogP contribution in [0.5, 0.6) is 11.5 Å². The van der Waals surface area contributed by atoms with Gasteiger partial charge < -0.3 is 9.53 Å². The van der Waals surface area contributed by atoms with Gasteiger partial charge in [-0.1, -0.05) is 36.4 Å². The van der Waals surface area contributed by atoms with Crippen LogP contribution in [0.2, 0.25) is 0 Å². The van der Waals surface area contributed by atoms with E-state index < -0.39 is 0 Å². The number of carbonyl (C=O) groups is 1. The maximum Gasteiger partial charge on any atom is 0.131 e. The van der Waals surface area contributed by atoms with Crippen molar-refractivity contribution in [2.75, 3.05) is 0 Å². The van der Waals surface area contributed by atoms with E-state index in [4.69, 9.17) is 4.74 Å². The van der Waals surface area contributed by atoms with Gasteiger partial charge in [-0.15, -0.1) is 0 Å². The number of ether oxygens (including phenoxy) is 1. The molecule has 0 atom stereocenters. The second-order valence-corrected chi connectivity index (χ2v) is 4.13. The third kappa shape index (κ3) is 1.62.